The second-order valence-electron chi connectivity index (χ2n) is 5.56. The van der Waals surface area contributed by atoms with E-state index < -0.39 is 0 Å². The Morgan fingerprint density at radius 1 is 1.31 bits per heavy atom. The fourth-order valence-electron chi connectivity index (χ4n) is 2.25. The Morgan fingerprint density at radius 3 is 3.04 bits per heavy atom. The first-order valence-electron chi connectivity index (χ1n) is 8.37. The molecule has 0 spiro atoms. The molecule has 3 rings (SSSR count). The molecule has 0 aliphatic carbocycles. The number of imidazole rings is 1. The van der Waals surface area contributed by atoms with E-state index in [2.05, 4.69) is 27.4 Å². The van der Waals surface area contributed by atoms with Gasteiger partial charge in [0, 0.05) is 0 Å². The Balaban J connectivity index is 1.48. The smallest absolute Gasteiger partial charge is 0.250 e. The summed E-state index contributed by atoms with van der Waals surface area (Å²) in [4.78, 5) is 19.5. The molecule has 0 saturated carbocycles. The summed E-state index contributed by atoms with van der Waals surface area (Å²) in [6, 6.07) is 15.3. The molecule has 6 nitrogen and oxygen atoms in total. The molecule has 3 aromatic rings. The highest BCUT2D eigenvalue weighted by Gasteiger charge is 2.06. The molecule has 1 heterocycles. The van der Waals surface area contributed by atoms with Crippen LogP contribution in [-0.2, 0) is 4.79 Å². The lowest BCUT2D eigenvalue weighted by atomic mass is 10.2. The average Bonchev–Trinajstić information content (AvgIpc) is 3.08. The lowest BCUT2D eigenvalue weighted by molar-refractivity contribution is -0.118. The number of carbonyl (C=O) groups excluding carboxylic acids is 1. The van der Waals surface area contributed by atoms with Gasteiger partial charge in [0.2, 0.25) is 0 Å². The summed E-state index contributed by atoms with van der Waals surface area (Å²) < 4.78 is 5.57. The molecule has 1 amide bonds. The van der Waals surface area contributed by atoms with Crippen LogP contribution in [0.25, 0.3) is 11.0 Å². The Bertz CT molecular complexity index is 874. The molecular formula is C19H20N4O2S. The second-order valence-corrected chi connectivity index (χ2v) is 6.53. The van der Waals surface area contributed by atoms with Crippen molar-refractivity contribution in [1.29, 1.82) is 0 Å². The van der Waals surface area contributed by atoms with Gasteiger partial charge in [-0.1, -0.05) is 43.0 Å². The van der Waals surface area contributed by atoms with Crippen molar-refractivity contribution in [2.45, 2.75) is 18.5 Å². The molecule has 2 aromatic carbocycles. The molecule has 0 unspecified atom stereocenters. The summed E-state index contributed by atoms with van der Waals surface area (Å²) in [6.07, 6.45) is 2.56. The maximum Gasteiger partial charge on any atom is 0.250 e. The highest BCUT2D eigenvalue weighted by molar-refractivity contribution is 7.99. The first-order valence-corrected chi connectivity index (χ1v) is 9.35. The van der Waals surface area contributed by atoms with Gasteiger partial charge in [-0.15, -0.1) is 0 Å². The molecule has 0 saturated heterocycles. The zero-order valence-corrected chi connectivity index (χ0v) is 15.3. The van der Waals surface area contributed by atoms with Crippen molar-refractivity contribution in [3.8, 4) is 5.75 Å². The van der Waals surface area contributed by atoms with Gasteiger partial charge < -0.3 is 9.72 Å². The van der Waals surface area contributed by atoms with Crippen LogP contribution >= 0.6 is 11.8 Å². The van der Waals surface area contributed by atoms with Crippen LogP contribution in [0.1, 0.15) is 18.9 Å². The van der Waals surface area contributed by atoms with Crippen LogP contribution in [0.5, 0.6) is 5.75 Å². The van der Waals surface area contributed by atoms with Crippen molar-refractivity contribution < 1.29 is 9.53 Å². The van der Waals surface area contributed by atoms with E-state index in [0.717, 1.165) is 28.8 Å². The molecule has 0 aliphatic rings. The maximum absolute atomic E-state index is 11.9. The van der Waals surface area contributed by atoms with Crippen molar-refractivity contribution in [3.05, 3.63) is 54.1 Å². The first kappa shape index (κ1) is 18.0. The van der Waals surface area contributed by atoms with Crippen molar-refractivity contribution >= 4 is 34.9 Å². The number of hydrazone groups is 1. The number of nitrogens with zero attached hydrogens (tertiary/aromatic N) is 2. The molecule has 0 radical (unpaired) electrons. The third-order valence-electron chi connectivity index (χ3n) is 3.44. The lowest BCUT2D eigenvalue weighted by Crippen LogP contribution is -2.19. The van der Waals surface area contributed by atoms with Gasteiger partial charge in [0.15, 0.2) is 5.16 Å². The molecular weight excluding hydrogens is 348 g/mol. The number of hydrogen-bond donors (Lipinski definition) is 2. The number of rotatable bonds is 8. The number of carbonyl (C=O) groups is 1. The first-order chi connectivity index (χ1) is 12.7. The van der Waals surface area contributed by atoms with Gasteiger partial charge in [0.05, 0.1) is 29.6 Å². The number of ether oxygens (including phenoxy) is 1. The predicted octanol–water partition coefficient (Wildman–Crippen LogP) is 3.59. The van der Waals surface area contributed by atoms with Gasteiger partial charge in [-0.2, -0.15) is 5.10 Å². The van der Waals surface area contributed by atoms with Gasteiger partial charge in [0.1, 0.15) is 5.75 Å². The van der Waals surface area contributed by atoms with E-state index in [-0.39, 0.29) is 11.7 Å². The highest BCUT2D eigenvalue weighted by atomic mass is 32.2. The minimum atomic E-state index is -0.190. The minimum Gasteiger partial charge on any atom is -0.494 e. The summed E-state index contributed by atoms with van der Waals surface area (Å²) in [5.74, 6) is 0.837. The summed E-state index contributed by atoms with van der Waals surface area (Å²) in [7, 11) is 0. The zero-order chi connectivity index (χ0) is 18.2. The average molecular weight is 368 g/mol. The Hall–Kier alpha value is -2.80. The number of amides is 1. The molecule has 0 fully saturated rings. The van der Waals surface area contributed by atoms with Crippen molar-refractivity contribution in [2.75, 3.05) is 12.4 Å². The maximum atomic E-state index is 11.9. The molecule has 0 bridgehead atoms. The highest BCUT2D eigenvalue weighted by Crippen LogP contribution is 2.18. The monoisotopic (exact) mass is 368 g/mol. The normalized spacial score (nSPS) is 11.1. The summed E-state index contributed by atoms with van der Waals surface area (Å²) >= 11 is 1.34. The van der Waals surface area contributed by atoms with Crippen molar-refractivity contribution in [2.24, 2.45) is 5.10 Å². The van der Waals surface area contributed by atoms with Crippen LogP contribution in [0.2, 0.25) is 0 Å². The fraction of sp³-hybridized carbons (Fsp3) is 0.211. The molecule has 0 atom stereocenters. The molecule has 0 aliphatic heterocycles. The third kappa shape index (κ3) is 5.10. The number of nitrogens with one attached hydrogen (secondary N) is 2. The zero-order valence-electron chi connectivity index (χ0n) is 14.4. The SMILES string of the molecule is CCCOc1cccc(/C=N/NC(=O)CSc2nc3ccccc3[nH]2)c1. The van der Waals surface area contributed by atoms with Crippen LogP contribution in [0, 0.1) is 0 Å². The van der Waals surface area contributed by atoms with Gasteiger partial charge in [0.25, 0.3) is 5.91 Å². The topological polar surface area (TPSA) is 79.4 Å². The lowest BCUT2D eigenvalue weighted by Gasteiger charge is -2.04. The Kier molecular flexibility index (Phi) is 6.27. The number of thioether (sulfide) groups is 1. The standard InChI is InChI=1S/C19H20N4O2S/c1-2-10-25-15-7-5-6-14(11-15)12-20-23-18(24)13-26-19-21-16-8-3-4-9-17(16)22-19/h3-9,11-12H,2,10,13H2,1H3,(H,21,22)(H,23,24)/b20-12+. The number of para-hydroxylation sites is 2. The summed E-state index contributed by atoms with van der Waals surface area (Å²) in [6.45, 7) is 2.74. The van der Waals surface area contributed by atoms with Crippen LogP contribution in [0.4, 0.5) is 0 Å². The van der Waals surface area contributed by atoms with Gasteiger partial charge in [-0.3, -0.25) is 4.79 Å². The number of hydrogen-bond acceptors (Lipinski definition) is 5. The Morgan fingerprint density at radius 2 is 2.19 bits per heavy atom. The number of fused-ring (bicyclic) bond motifs is 1. The minimum absolute atomic E-state index is 0.190. The van der Waals surface area contributed by atoms with Gasteiger partial charge >= 0.3 is 0 Å². The number of benzene rings is 2. The van der Waals surface area contributed by atoms with Crippen LogP contribution < -0.4 is 10.2 Å². The largest absolute Gasteiger partial charge is 0.494 e. The van der Waals surface area contributed by atoms with Gasteiger partial charge in [-0.05, 0) is 36.2 Å². The summed E-state index contributed by atoms with van der Waals surface area (Å²) in [5, 5.41) is 4.71. The fourth-order valence-corrected chi connectivity index (χ4v) is 2.92. The van der Waals surface area contributed by atoms with Crippen molar-refractivity contribution in [3.63, 3.8) is 0 Å². The van der Waals surface area contributed by atoms with E-state index in [0.29, 0.717) is 11.8 Å². The van der Waals surface area contributed by atoms with Gasteiger partial charge in [-0.25, -0.2) is 10.4 Å². The third-order valence-corrected chi connectivity index (χ3v) is 4.31. The molecule has 7 heteroatoms. The van der Waals surface area contributed by atoms with Crippen LogP contribution in [0.3, 0.4) is 0 Å². The number of aromatic amines is 1. The van der Waals surface area contributed by atoms with E-state index in [1.165, 1.54) is 11.8 Å². The van der Waals surface area contributed by atoms with Crippen LogP contribution in [0.15, 0.2) is 58.8 Å². The number of H-pyrrole nitrogens is 1. The van der Waals surface area contributed by atoms with E-state index in [1.54, 1.807) is 6.21 Å². The van der Waals surface area contributed by atoms with E-state index in [1.807, 2.05) is 48.5 Å². The van der Waals surface area contributed by atoms with E-state index >= 15 is 0 Å². The van der Waals surface area contributed by atoms with E-state index in [9.17, 15) is 4.79 Å². The molecule has 2 N–H and O–H groups in total. The summed E-state index contributed by atoms with van der Waals surface area (Å²) in [5.41, 5.74) is 5.23. The van der Waals surface area contributed by atoms with Crippen LogP contribution in [-0.4, -0.2) is 34.4 Å². The molecule has 26 heavy (non-hydrogen) atoms. The molecule has 1 aromatic heterocycles. The quantitative estimate of drug-likeness (QED) is 0.362. The predicted molar refractivity (Wildman–Crippen MR) is 105 cm³/mol. The van der Waals surface area contributed by atoms with E-state index in [4.69, 9.17) is 4.74 Å². The van der Waals surface area contributed by atoms with Crippen molar-refractivity contribution in [1.82, 2.24) is 15.4 Å². The molecule has 134 valence electrons. The Labute approximate surface area is 156 Å². The second kappa shape index (κ2) is 9.05. The number of aromatic nitrogens is 2.